The van der Waals surface area contributed by atoms with Crippen LogP contribution in [-0.2, 0) is 6.54 Å². The average Bonchev–Trinajstić information content (AvgIpc) is 2.44. The zero-order valence-corrected chi connectivity index (χ0v) is 11.1. The summed E-state index contributed by atoms with van der Waals surface area (Å²) in [5, 5.41) is 11.9. The first kappa shape index (κ1) is 14.2. The van der Waals surface area contributed by atoms with E-state index in [1.165, 1.54) is 18.2 Å². The predicted octanol–water partition coefficient (Wildman–Crippen LogP) is 3.61. The summed E-state index contributed by atoms with van der Waals surface area (Å²) >= 11 is 0. The Kier molecular flexibility index (Phi) is 4.44. The number of nitriles is 1. The molecule has 0 aliphatic carbocycles. The van der Waals surface area contributed by atoms with Crippen LogP contribution in [-0.4, -0.2) is 6.54 Å². The molecule has 2 aromatic rings. The van der Waals surface area contributed by atoms with Crippen molar-refractivity contribution in [2.24, 2.45) is 0 Å². The highest BCUT2D eigenvalue weighted by molar-refractivity contribution is 5.66. The van der Waals surface area contributed by atoms with Crippen molar-refractivity contribution in [1.29, 1.82) is 5.26 Å². The van der Waals surface area contributed by atoms with E-state index in [9.17, 15) is 8.78 Å². The first-order chi connectivity index (χ1) is 9.63. The van der Waals surface area contributed by atoms with Crippen molar-refractivity contribution in [3.8, 4) is 17.2 Å². The van der Waals surface area contributed by atoms with Gasteiger partial charge >= 0.3 is 0 Å². The number of nitrogens with zero attached hydrogens (tertiary/aromatic N) is 1. The summed E-state index contributed by atoms with van der Waals surface area (Å²) in [7, 11) is 0. The summed E-state index contributed by atoms with van der Waals surface area (Å²) in [6.45, 7) is 3.36. The minimum Gasteiger partial charge on any atom is -0.313 e. The Balaban J connectivity index is 2.38. The van der Waals surface area contributed by atoms with E-state index in [0.717, 1.165) is 18.2 Å². The maximum Gasteiger partial charge on any atom is 0.131 e. The van der Waals surface area contributed by atoms with Crippen LogP contribution in [0.4, 0.5) is 8.78 Å². The summed E-state index contributed by atoms with van der Waals surface area (Å²) < 4.78 is 27.5. The second-order valence-electron chi connectivity index (χ2n) is 4.43. The Labute approximate surface area is 116 Å². The number of benzene rings is 2. The molecule has 1 N–H and O–H groups in total. The summed E-state index contributed by atoms with van der Waals surface area (Å²) in [6.07, 6.45) is 0. The average molecular weight is 272 g/mol. The molecule has 0 saturated carbocycles. The quantitative estimate of drug-likeness (QED) is 0.922. The van der Waals surface area contributed by atoms with E-state index in [1.54, 1.807) is 12.1 Å². The van der Waals surface area contributed by atoms with Crippen LogP contribution >= 0.6 is 0 Å². The van der Waals surface area contributed by atoms with Gasteiger partial charge in [-0.1, -0.05) is 19.1 Å². The van der Waals surface area contributed by atoms with Crippen LogP contribution in [0.3, 0.4) is 0 Å². The molecule has 0 aliphatic heterocycles. The van der Waals surface area contributed by atoms with Gasteiger partial charge in [0.15, 0.2) is 0 Å². The Bertz CT molecular complexity index is 660. The van der Waals surface area contributed by atoms with Crippen LogP contribution in [0.5, 0.6) is 0 Å². The minimum atomic E-state index is -0.546. The molecule has 0 amide bonds. The predicted molar refractivity (Wildman–Crippen MR) is 73.9 cm³/mol. The van der Waals surface area contributed by atoms with Crippen LogP contribution in [0.15, 0.2) is 36.4 Å². The maximum absolute atomic E-state index is 14.1. The van der Waals surface area contributed by atoms with Crippen molar-refractivity contribution in [2.45, 2.75) is 13.5 Å². The second kappa shape index (κ2) is 6.27. The molecule has 2 aromatic carbocycles. The second-order valence-corrected chi connectivity index (χ2v) is 4.43. The van der Waals surface area contributed by atoms with Crippen LogP contribution in [0.2, 0.25) is 0 Å². The van der Waals surface area contributed by atoms with E-state index in [0.29, 0.717) is 17.7 Å². The molecule has 4 heteroatoms. The van der Waals surface area contributed by atoms with Crippen molar-refractivity contribution in [2.75, 3.05) is 6.54 Å². The lowest BCUT2D eigenvalue weighted by atomic mass is 10.0. The van der Waals surface area contributed by atoms with Gasteiger partial charge in [0.05, 0.1) is 11.6 Å². The van der Waals surface area contributed by atoms with Gasteiger partial charge < -0.3 is 5.32 Å². The Morgan fingerprint density at radius 3 is 2.60 bits per heavy atom. The molecule has 0 radical (unpaired) electrons. The molecular formula is C16H14F2N2. The molecule has 0 aliphatic rings. The Morgan fingerprint density at radius 2 is 1.95 bits per heavy atom. The lowest BCUT2D eigenvalue weighted by molar-refractivity contribution is 0.621. The molecule has 2 rings (SSSR count). The van der Waals surface area contributed by atoms with Gasteiger partial charge in [0.25, 0.3) is 0 Å². The van der Waals surface area contributed by atoms with Crippen LogP contribution in [0.1, 0.15) is 18.1 Å². The van der Waals surface area contributed by atoms with E-state index in [1.807, 2.05) is 13.0 Å². The molecular weight excluding hydrogens is 258 g/mol. The van der Waals surface area contributed by atoms with Crippen LogP contribution in [0.25, 0.3) is 11.1 Å². The molecule has 0 aromatic heterocycles. The van der Waals surface area contributed by atoms with Crippen molar-refractivity contribution in [3.63, 3.8) is 0 Å². The normalized spacial score (nSPS) is 10.3. The van der Waals surface area contributed by atoms with Gasteiger partial charge in [-0.15, -0.1) is 0 Å². The standard InChI is InChI=1S/C16H14F2N2/c1-2-20-10-11-3-4-15(16(18)7-11)13-5-12(9-19)6-14(17)8-13/h3-8,20H,2,10H2,1H3. The Morgan fingerprint density at radius 1 is 1.15 bits per heavy atom. The van der Waals surface area contributed by atoms with Crippen molar-refractivity contribution in [3.05, 3.63) is 59.2 Å². The summed E-state index contributed by atoms with van der Waals surface area (Å²) in [5.41, 5.74) is 1.66. The molecule has 0 spiro atoms. The van der Waals surface area contributed by atoms with Crippen LogP contribution in [0, 0.1) is 23.0 Å². The first-order valence-corrected chi connectivity index (χ1v) is 6.34. The summed E-state index contributed by atoms with van der Waals surface area (Å²) in [5.74, 6) is -0.968. The summed E-state index contributed by atoms with van der Waals surface area (Å²) in [4.78, 5) is 0. The molecule has 20 heavy (non-hydrogen) atoms. The van der Waals surface area contributed by atoms with E-state index >= 15 is 0 Å². The fraction of sp³-hybridized carbons (Fsp3) is 0.188. The molecule has 0 unspecified atom stereocenters. The lowest BCUT2D eigenvalue weighted by Gasteiger charge is -2.07. The number of hydrogen-bond donors (Lipinski definition) is 1. The minimum absolute atomic E-state index is 0.177. The molecule has 102 valence electrons. The maximum atomic E-state index is 14.1. The molecule has 2 nitrogen and oxygen atoms in total. The monoisotopic (exact) mass is 272 g/mol. The smallest absolute Gasteiger partial charge is 0.131 e. The van der Waals surface area contributed by atoms with Gasteiger partial charge in [-0.05, 0) is 41.9 Å². The summed E-state index contributed by atoms with van der Waals surface area (Å²) in [6, 6.07) is 10.5. The van der Waals surface area contributed by atoms with E-state index in [2.05, 4.69) is 5.32 Å². The molecule has 0 saturated heterocycles. The largest absolute Gasteiger partial charge is 0.313 e. The van der Waals surface area contributed by atoms with Crippen molar-refractivity contribution < 1.29 is 8.78 Å². The number of halogens is 2. The molecule has 0 fully saturated rings. The zero-order valence-electron chi connectivity index (χ0n) is 11.1. The van der Waals surface area contributed by atoms with Gasteiger partial charge in [0.1, 0.15) is 11.6 Å². The van der Waals surface area contributed by atoms with E-state index in [4.69, 9.17) is 5.26 Å². The van der Waals surface area contributed by atoms with E-state index in [-0.39, 0.29) is 5.56 Å². The van der Waals surface area contributed by atoms with Crippen molar-refractivity contribution in [1.82, 2.24) is 5.32 Å². The Hall–Kier alpha value is -2.25. The first-order valence-electron chi connectivity index (χ1n) is 6.34. The zero-order chi connectivity index (χ0) is 14.5. The number of nitrogens with one attached hydrogen (secondary N) is 1. The molecule has 0 heterocycles. The van der Waals surface area contributed by atoms with Gasteiger partial charge in [-0.25, -0.2) is 8.78 Å². The van der Waals surface area contributed by atoms with Gasteiger partial charge in [-0.3, -0.25) is 0 Å². The molecule has 0 bridgehead atoms. The molecule has 0 atom stereocenters. The third kappa shape index (κ3) is 3.19. The number of hydrogen-bond acceptors (Lipinski definition) is 2. The third-order valence-corrected chi connectivity index (χ3v) is 2.95. The SMILES string of the molecule is CCNCc1ccc(-c2cc(F)cc(C#N)c2)c(F)c1. The van der Waals surface area contributed by atoms with Gasteiger partial charge in [0.2, 0.25) is 0 Å². The van der Waals surface area contributed by atoms with Crippen LogP contribution < -0.4 is 5.32 Å². The number of rotatable bonds is 4. The van der Waals surface area contributed by atoms with E-state index < -0.39 is 11.6 Å². The van der Waals surface area contributed by atoms with Gasteiger partial charge in [0, 0.05) is 12.1 Å². The highest BCUT2D eigenvalue weighted by Crippen LogP contribution is 2.25. The lowest BCUT2D eigenvalue weighted by Crippen LogP contribution is -2.11. The fourth-order valence-electron chi connectivity index (χ4n) is 1.98. The fourth-order valence-corrected chi connectivity index (χ4v) is 1.98. The van der Waals surface area contributed by atoms with Gasteiger partial charge in [-0.2, -0.15) is 5.26 Å². The highest BCUT2D eigenvalue weighted by atomic mass is 19.1. The third-order valence-electron chi connectivity index (χ3n) is 2.95. The topological polar surface area (TPSA) is 35.8 Å². The highest BCUT2D eigenvalue weighted by Gasteiger charge is 2.09. The van der Waals surface area contributed by atoms with Crippen molar-refractivity contribution >= 4 is 0 Å².